The lowest BCUT2D eigenvalue weighted by Gasteiger charge is -2.17. The molecule has 2 aromatic carbocycles. The van der Waals surface area contributed by atoms with E-state index in [0.29, 0.717) is 11.1 Å². The standard InChI is InChI=1S/C19H20N2O/c1-3-15(4-2)21-19(22)18-12-8-7-11-17(18)16-10-6-5-9-14(16)13-20/h5-12,15H,3-4H2,1-2H3,(H,21,22). The molecule has 0 atom stereocenters. The molecule has 3 nitrogen and oxygen atoms in total. The van der Waals surface area contributed by atoms with E-state index in [2.05, 4.69) is 25.2 Å². The normalized spacial score (nSPS) is 10.3. The van der Waals surface area contributed by atoms with Crippen LogP contribution in [0.25, 0.3) is 11.1 Å². The Labute approximate surface area is 131 Å². The minimum Gasteiger partial charge on any atom is -0.349 e. The van der Waals surface area contributed by atoms with Crippen molar-refractivity contribution in [3.8, 4) is 17.2 Å². The van der Waals surface area contributed by atoms with E-state index in [0.717, 1.165) is 24.0 Å². The fourth-order valence-electron chi connectivity index (χ4n) is 2.49. The lowest BCUT2D eigenvalue weighted by Crippen LogP contribution is -2.34. The number of carbonyl (C=O) groups is 1. The Balaban J connectivity index is 2.43. The van der Waals surface area contributed by atoms with Gasteiger partial charge in [-0.05, 0) is 30.5 Å². The van der Waals surface area contributed by atoms with Crippen molar-refractivity contribution in [2.24, 2.45) is 0 Å². The first-order chi connectivity index (χ1) is 10.7. The maximum atomic E-state index is 12.6. The van der Waals surface area contributed by atoms with Crippen molar-refractivity contribution < 1.29 is 4.79 Å². The highest BCUT2D eigenvalue weighted by atomic mass is 16.1. The van der Waals surface area contributed by atoms with Crippen LogP contribution in [-0.2, 0) is 0 Å². The molecule has 0 aliphatic heterocycles. The lowest BCUT2D eigenvalue weighted by atomic mass is 9.95. The molecule has 0 spiro atoms. The predicted molar refractivity (Wildman–Crippen MR) is 88.4 cm³/mol. The van der Waals surface area contributed by atoms with Crippen molar-refractivity contribution in [1.82, 2.24) is 5.32 Å². The van der Waals surface area contributed by atoms with Crippen LogP contribution < -0.4 is 5.32 Å². The molecular weight excluding hydrogens is 272 g/mol. The summed E-state index contributed by atoms with van der Waals surface area (Å²) in [6, 6.07) is 17.1. The summed E-state index contributed by atoms with van der Waals surface area (Å²) in [6.07, 6.45) is 1.80. The SMILES string of the molecule is CCC(CC)NC(=O)c1ccccc1-c1ccccc1C#N. The van der Waals surface area contributed by atoms with Gasteiger partial charge in [0, 0.05) is 17.2 Å². The molecular formula is C19H20N2O. The molecule has 0 bridgehead atoms. The molecule has 0 aliphatic carbocycles. The summed E-state index contributed by atoms with van der Waals surface area (Å²) >= 11 is 0. The summed E-state index contributed by atoms with van der Waals surface area (Å²) in [6.45, 7) is 4.12. The van der Waals surface area contributed by atoms with Crippen molar-refractivity contribution in [2.75, 3.05) is 0 Å². The zero-order valence-corrected chi connectivity index (χ0v) is 13.0. The van der Waals surface area contributed by atoms with Gasteiger partial charge in [-0.15, -0.1) is 0 Å². The molecule has 1 N–H and O–H groups in total. The third kappa shape index (κ3) is 3.35. The summed E-state index contributed by atoms with van der Waals surface area (Å²) in [5, 5.41) is 12.3. The zero-order chi connectivity index (χ0) is 15.9. The Kier molecular flexibility index (Phi) is 5.32. The maximum absolute atomic E-state index is 12.6. The van der Waals surface area contributed by atoms with Gasteiger partial charge in [0.05, 0.1) is 11.6 Å². The maximum Gasteiger partial charge on any atom is 0.252 e. The van der Waals surface area contributed by atoms with Crippen molar-refractivity contribution >= 4 is 5.91 Å². The summed E-state index contributed by atoms with van der Waals surface area (Å²) < 4.78 is 0. The van der Waals surface area contributed by atoms with Crippen LogP contribution in [-0.4, -0.2) is 11.9 Å². The predicted octanol–water partition coefficient (Wildman–Crippen LogP) is 4.14. The molecule has 112 valence electrons. The summed E-state index contributed by atoms with van der Waals surface area (Å²) in [7, 11) is 0. The molecule has 0 aromatic heterocycles. The van der Waals surface area contributed by atoms with Gasteiger partial charge < -0.3 is 5.32 Å². The van der Waals surface area contributed by atoms with Gasteiger partial charge >= 0.3 is 0 Å². The van der Waals surface area contributed by atoms with Gasteiger partial charge in [-0.3, -0.25) is 4.79 Å². The molecule has 0 aliphatic rings. The summed E-state index contributed by atoms with van der Waals surface area (Å²) in [5.41, 5.74) is 2.77. The highest BCUT2D eigenvalue weighted by Gasteiger charge is 2.16. The second-order valence-corrected chi connectivity index (χ2v) is 5.19. The molecule has 0 saturated heterocycles. The van der Waals surface area contributed by atoms with E-state index in [1.165, 1.54) is 0 Å². The van der Waals surface area contributed by atoms with E-state index in [4.69, 9.17) is 0 Å². The van der Waals surface area contributed by atoms with Crippen molar-refractivity contribution in [3.63, 3.8) is 0 Å². The summed E-state index contributed by atoms with van der Waals surface area (Å²) in [4.78, 5) is 12.6. The quantitative estimate of drug-likeness (QED) is 0.900. The van der Waals surface area contributed by atoms with E-state index in [9.17, 15) is 10.1 Å². The number of hydrogen-bond donors (Lipinski definition) is 1. The number of nitrogens with zero attached hydrogens (tertiary/aromatic N) is 1. The Morgan fingerprint density at radius 2 is 1.64 bits per heavy atom. The molecule has 0 unspecified atom stereocenters. The fraction of sp³-hybridized carbons (Fsp3) is 0.263. The molecule has 0 radical (unpaired) electrons. The van der Waals surface area contributed by atoms with Gasteiger partial charge in [0.1, 0.15) is 0 Å². The fourth-order valence-corrected chi connectivity index (χ4v) is 2.49. The van der Waals surface area contributed by atoms with Crippen LogP contribution in [0.3, 0.4) is 0 Å². The second kappa shape index (κ2) is 7.42. The minimum atomic E-state index is -0.0861. The average Bonchev–Trinajstić information content (AvgIpc) is 2.59. The first-order valence-electron chi connectivity index (χ1n) is 7.60. The average molecular weight is 292 g/mol. The van der Waals surface area contributed by atoms with Crippen LogP contribution in [0.2, 0.25) is 0 Å². The molecule has 2 aromatic rings. The molecule has 2 rings (SSSR count). The summed E-state index contributed by atoms with van der Waals surface area (Å²) in [5.74, 6) is -0.0861. The van der Waals surface area contributed by atoms with Crippen LogP contribution >= 0.6 is 0 Å². The molecule has 22 heavy (non-hydrogen) atoms. The molecule has 1 amide bonds. The van der Waals surface area contributed by atoms with E-state index < -0.39 is 0 Å². The van der Waals surface area contributed by atoms with Crippen molar-refractivity contribution in [1.29, 1.82) is 5.26 Å². The Hall–Kier alpha value is -2.60. The molecule has 0 saturated carbocycles. The smallest absolute Gasteiger partial charge is 0.252 e. The van der Waals surface area contributed by atoms with Gasteiger partial charge in [-0.2, -0.15) is 5.26 Å². The Bertz CT molecular complexity index is 697. The third-order valence-electron chi connectivity index (χ3n) is 3.83. The monoisotopic (exact) mass is 292 g/mol. The first kappa shape index (κ1) is 15.8. The van der Waals surface area contributed by atoms with E-state index in [1.807, 2.05) is 36.4 Å². The van der Waals surface area contributed by atoms with Crippen LogP contribution in [0.4, 0.5) is 0 Å². The number of nitrogens with one attached hydrogen (secondary N) is 1. The second-order valence-electron chi connectivity index (χ2n) is 5.19. The van der Waals surface area contributed by atoms with Gasteiger partial charge in [0.2, 0.25) is 0 Å². The van der Waals surface area contributed by atoms with Crippen molar-refractivity contribution in [3.05, 3.63) is 59.7 Å². The van der Waals surface area contributed by atoms with Crippen molar-refractivity contribution in [2.45, 2.75) is 32.7 Å². The molecule has 0 fully saturated rings. The topological polar surface area (TPSA) is 52.9 Å². The highest BCUT2D eigenvalue weighted by molar-refractivity contribution is 6.01. The third-order valence-corrected chi connectivity index (χ3v) is 3.83. The Morgan fingerprint density at radius 3 is 2.27 bits per heavy atom. The number of amides is 1. The molecule has 0 heterocycles. The van der Waals surface area contributed by atoms with Gasteiger partial charge in [-0.25, -0.2) is 0 Å². The van der Waals surface area contributed by atoms with Gasteiger partial charge in [0.15, 0.2) is 0 Å². The Morgan fingerprint density at radius 1 is 1.05 bits per heavy atom. The molecule has 3 heteroatoms. The highest BCUT2D eigenvalue weighted by Crippen LogP contribution is 2.26. The first-order valence-corrected chi connectivity index (χ1v) is 7.60. The van der Waals surface area contributed by atoms with Gasteiger partial charge in [0.25, 0.3) is 5.91 Å². The largest absolute Gasteiger partial charge is 0.349 e. The number of rotatable bonds is 5. The number of benzene rings is 2. The minimum absolute atomic E-state index is 0.0861. The van der Waals surface area contributed by atoms with Crippen LogP contribution in [0.1, 0.15) is 42.6 Å². The van der Waals surface area contributed by atoms with E-state index in [-0.39, 0.29) is 11.9 Å². The number of hydrogen-bond acceptors (Lipinski definition) is 2. The number of carbonyl (C=O) groups excluding carboxylic acids is 1. The van der Waals surface area contributed by atoms with E-state index >= 15 is 0 Å². The van der Waals surface area contributed by atoms with Gasteiger partial charge in [-0.1, -0.05) is 50.2 Å². The number of nitriles is 1. The van der Waals surface area contributed by atoms with E-state index in [1.54, 1.807) is 12.1 Å². The van der Waals surface area contributed by atoms with Crippen LogP contribution in [0.15, 0.2) is 48.5 Å². The zero-order valence-electron chi connectivity index (χ0n) is 13.0. The van der Waals surface area contributed by atoms with Crippen LogP contribution in [0, 0.1) is 11.3 Å². The lowest BCUT2D eigenvalue weighted by molar-refractivity contribution is 0.0935. The van der Waals surface area contributed by atoms with Crippen LogP contribution in [0.5, 0.6) is 0 Å².